The summed E-state index contributed by atoms with van der Waals surface area (Å²) in [5.74, 6) is -1.02. The molecule has 0 radical (unpaired) electrons. The average molecular weight is 393 g/mol. The first-order valence-corrected chi connectivity index (χ1v) is 10.7. The summed E-state index contributed by atoms with van der Waals surface area (Å²) in [6.07, 6.45) is 0.0723. The van der Waals surface area contributed by atoms with E-state index in [9.17, 15) is 22.8 Å². The van der Waals surface area contributed by atoms with Crippen LogP contribution >= 0.6 is 0 Å². The lowest BCUT2D eigenvalue weighted by Crippen LogP contribution is -2.52. The van der Waals surface area contributed by atoms with Gasteiger partial charge in [-0.25, -0.2) is 13.2 Å². The van der Waals surface area contributed by atoms with Crippen LogP contribution < -0.4 is 10.6 Å². The Morgan fingerprint density at radius 3 is 2.56 bits per heavy atom. The van der Waals surface area contributed by atoms with E-state index in [1.165, 1.54) is 0 Å². The lowest BCUT2D eigenvalue weighted by molar-refractivity contribution is -0.134. The van der Waals surface area contributed by atoms with E-state index in [1.807, 2.05) is 32.0 Å². The minimum atomic E-state index is -3.18. The first-order chi connectivity index (χ1) is 12.6. The summed E-state index contributed by atoms with van der Waals surface area (Å²) in [4.78, 5) is 38.1. The van der Waals surface area contributed by atoms with E-state index in [2.05, 4.69) is 10.6 Å². The molecule has 1 spiro atoms. The summed E-state index contributed by atoms with van der Waals surface area (Å²) in [5.41, 5.74) is 0.446. The van der Waals surface area contributed by atoms with Gasteiger partial charge in [-0.3, -0.25) is 14.5 Å². The second kappa shape index (κ2) is 6.95. The number of anilines is 1. The van der Waals surface area contributed by atoms with E-state index in [0.717, 1.165) is 10.5 Å². The van der Waals surface area contributed by atoms with Gasteiger partial charge >= 0.3 is 6.03 Å². The van der Waals surface area contributed by atoms with Gasteiger partial charge < -0.3 is 10.6 Å². The third-order valence-corrected chi connectivity index (χ3v) is 6.72. The summed E-state index contributed by atoms with van der Waals surface area (Å²) in [7, 11) is -3.18. The van der Waals surface area contributed by atoms with Crippen molar-refractivity contribution >= 4 is 33.4 Å². The van der Waals surface area contributed by atoms with Gasteiger partial charge in [0.15, 0.2) is 9.84 Å². The van der Waals surface area contributed by atoms with Gasteiger partial charge in [0.25, 0.3) is 5.91 Å². The third-order valence-electron chi connectivity index (χ3n) is 5.06. The number of nitrogens with zero attached hydrogens (tertiary/aromatic N) is 1. The monoisotopic (exact) mass is 393 g/mol. The number of carbonyl (C=O) groups is 3. The molecule has 9 heteroatoms. The Kier molecular flexibility index (Phi) is 4.98. The molecule has 27 heavy (non-hydrogen) atoms. The summed E-state index contributed by atoms with van der Waals surface area (Å²) >= 11 is 0. The maximum Gasteiger partial charge on any atom is 0.325 e. The van der Waals surface area contributed by atoms with Crippen molar-refractivity contribution in [3.63, 3.8) is 0 Å². The SMILES string of the molecule is CC(C)c1cccc(NC(=O)CN2C(=O)NC3(CCS(=O)(=O)CC3)C2=O)c1. The van der Waals surface area contributed by atoms with Crippen LogP contribution in [0, 0.1) is 0 Å². The Morgan fingerprint density at radius 2 is 1.93 bits per heavy atom. The van der Waals surface area contributed by atoms with Gasteiger partial charge in [0.05, 0.1) is 11.5 Å². The number of carbonyl (C=O) groups excluding carboxylic acids is 3. The van der Waals surface area contributed by atoms with Gasteiger partial charge in [-0.15, -0.1) is 0 Å². The fourth-order valence-electron chi connectivity index (χ4n) is 3.36. The average Bonchev–Trinajstić information content (AvgIpc) is 2.82. The second-order valence-corrected chi connectivity index (χ2v) is 9.69. The fourth-order valence-corrected chi connectivity index (χ4v) is 4.89. The summed E-state index contributed by atoms with van der Waals surface area (Å²) < 4.78 is 23.2. The molecule has 146 valence electrons. The minimum absolute atomic E-state index is 0.0362. The number of rotatable bonds is 4. The van der Waals surface area contributed by atoms with E-state index >= 15 is 0 Å². The second-order valence-electron chi connectivity index (χ2n) is 7.38. The number of benzene rings is 1. The molecule has 2 fully saturated rings. The molecule has 1 aromatic rings. The minimum Gasteiger partial charge on any atom is -0.325 e. The zero-order valence-corrected chi connectivity index (χ0v) is 16.1. The van der Waals surface area contributed by atoms with Crippen molar-refractivity contribution in [1.29, 1.82) is 0 Å². The van der Waals surface area contributed by atoms with Crippen molar-refractivity contribution in [3.8, 4) is 0 Å². The summed E-state index contributed by atoms with van der Waals surface area (Å²) in [6.45, 7) is 3.67. The molecule has 2 heterocycles. The number of nitrogens with one attached hydrogen (secondary N) is 2. The van der Waals surface area contributed by atoms with Crippen LogP contribution in [0.1, 0.15) is 38.2 Å². The molecule has 0 aromatic heterocycles. The van der Waals surface area contributed by atoms with Crippen molar-refractivity contribution in [3.05, 3.63) is 29.8 Å². The lowest BCUT2D eigenvalue weighted by Gasteiger charge is -2.30. The highest BCUT2D eigenvalue weighted by molar-refractivity contribution is 7.91. The van der Waals surface area contributed by atoms with Crippen molar-refractivity contribution in [2.24, 2.45) is 0 Å². The van der Waals surface area contributed by atoms with Crippen molar-refractivity contribution < 1.29 is 22.8 Å². The molecule has 0 aliphatic carbocycles. The maximum absolute atomic E-state index is 12.7. The molecule has 1 aromatic carbocycles. The van der Waals surface area contributed by atoms with Crippen LogP contribution in [0.2, 0.25) is 0 Å². The standard InChI is InChI=1S/C18H23N3O5S/c1-12(2)13-4-3-5-14(10-13)19-15(22)11-21-16(23)18(20-17(21)24)6-8-27(25,26)9-7-18/h3-5,10,12H,6-9,11H2,1-2H3,(H,19,22)(H,20,24). The molecule has 2 saturated heterocycles. The zero-order valence-electron chi connectivity index (χ0n) is 15.3. The Hall–Kier alpha value is -2.42. The molecule has 2 aliphatic rings. The van der Waals surface area contributed by atoms with Crippen LogP contribution in [-0.2, 0) is 19.4 Å². The normalized spacial score (nSPS) is 20.8. The highest BCUT2D eigenvalue weighted by Crippen LogP contribution is 2.30. The predicted octanol–water partition coefficient (Wildman–Crippen LogP) is 1.25. The Bertz CT molecular complexity index is 880. The number of sulfone groups is 1. The van der Waals surface area contributed by atoms with E-state index in [4.69, 9.17) is 0 Å². The van der Waals surface area contributed by atoms with Gasteiger partial charge in [0.2, 0.25) is 5.91 Å². The Labute approximate surface area is 158 Å². The van der Waals surface area contributed by atoms with Crippen LogP contribution in [-0.4, -0.2) is 54.8 Å². The third kappa shape index (κ3) is 3.97. The van der Waals surface area contributed by atoms with Crippen LogP contribution in [0.5, 0.6) is 0 Å². The van der Waals surface area contributed by atoms with Crippen LogP contribution in [0.15, 0.2) is 24.3 Å². The van der Waals surface area contributed by atoms with Crippen molar-refractivity contribution in [1.82, 2.24) is 10.2 Å². The highest BCUT2D eigenvalue weighted by Gasteiger charge is 2.53. The molecule has 0 atom stereocenters. The van der Waals surface area contributed by atoms with Gasteiger partial charge in [0.1, 0.15) is 12.1 Å². The van der Waals surface area contributed by atoms with Crippen molar-refractivity contribution in [2.75, 3.05) is 23.4 Å². The van der Waals surface area contributed by atoms with Crippen LogP contribution in [0.4, 0.5) is 10.5 Å². The van der Waals surface area contributed by atoms with Crippen molar-refractivity contribution in [2.45, 2.75) is 38.1 Å². The summed E-state index contributed by atoms with van der Waals surface area (Å²) in [6, 6.07) is 6.71. The zero-order chi connectivity index (χ0) is 19.8. The van der Waals surface area contributed by atoms with E-state index in [1.54, 1.807) is 6.07 Å². The van der Waals surface area contributed by atoms with E-state index in [0.29, 0.717) is 11.6 Å². The fraction of sp³-hybridized carbons (Fsp3) is 0.500. The van der Waals surface area contributed by atoms with Gasteiger partial charge in [-0.2, -0.15) is 0 Å². The quantitative estimate of drug-likeness (QED) is 0.748. The van der Waals surface area contributed by atoms with E-state index < -0.39 is 39.8 Å². The molecule has 0 unspecified atom stereocenters. The molecule has 2 N–H and O–H groups in total. The van der Waals surface area contributed by atoms with Crippen LogP contribution in [0.3, 0.4) is 0 Å². The number of hydrogen-bond donors (Lipinski definition) is 2. The molecule has 4 amide bonds. The smallest absolute Gasteiger partial charge is 0.325 e. The number of hydrogen-bond acceptors (Lipinski definition) is 5. The molecule has 0 saturated carbocycles. The molecule has 0 bridgehead atoms. The topological polar surface area (TPSA) is 113 Å². The molecule has 2 aliphatic heterocycles. The number of urea groups is 1. The molecular formula is C18H23N3O5S. The number of imide groups is 1. The molecule has 8 nitrogen and oxygen atoms in total. The first-order valence-electron chi connectivity index (χ1n) is 8.86. The number of amides is 4. The molecule has 3 rings (SSSR count). The molecular weight excluding hydrogens is 370 g/mol. The van der Waals surface area contributed by atoms with E-state index in [-0.39, 0.29) is 24.3 Å². The van der Waals surface area contributed by atoms with Gasteiger partial charge in [0, 0.05) is 5.69 Å². The Balaban J connectivity index is 1.67. The van der Waals surface area contributed by atoms with Crippen LogP contribution in [0.25, 0.3) is 0 Å². The lowest BCUT2D eigenvalue weighted by atomic mass is 9.92. The highest BCUT2D eigenvalue weighted by atomic mass is 32.2. The predicted molar refractivity (Wildman–Crippen MR) is 100 cm³/mol. The van der Waals surface area contributed by atoms with Gasteiger partial charge in [-0.05, 0) is 36.5 Å². The largest absolute Gasteiger partial charge is 0.325 e. The van der Waals surface area contributed by atoms with Gasteiger partial charge in [-0.1, -0.05) is 26.0 Å². The summed E-state index contributed by atoms with van der Waals surface area (Å²) in [5, 5.41) is 5.29. The maximum atomic E-state index is 12.7. The first kappa shape index (κ1) is 19.3. The Morgan fingerprint density at radius 1 is 1.26 bits per heavy atom.